The van der Waals surface area contributed by atoms with E-state index in [1.807, 2.05) is 6.92 Å². The van der Waals surface area contributed by atoms with Crippen molar-refractivity contribution in [1.29, 1.82) is 0 Å². The van der Waals surface area contributed by atoms with Crippen LogP contribution in [0.1, 0.15) is 39.5 Å². The van der Waals surface area contributed by atoms with E-state index in [2.05, 4.69) is 11.8 Å². The Morgan fingerprint density at radius 2 is 2.11 bits per heavy atom. The minimum Gasteiger partial charge on any atom is -0.466 e. The van der Waals surface area contributed by atoms with Crippen LogP contribution in [0.15, 0.2) is 0 Å². The van der Waals surface area contributed by atoms with E-state index in [0.29, 0.717) is 13.2 Å². The maximum absolute atomic E-state index is 12.1. The van der Waals surface area contributed by atoms with Crippen LogP contribution in [0, 0.1) is 11.8 Å². The van der Waals surface area contributed by atoms with Crippen molar-refractivity contribution in [3.05, 3.63) is 0 Å². The summed E-state index contributed by atoms with van der Waals surface area (Å²) < 4.78 is 5.17. The van der Waals surface area contributed by atoms with Gasteiger partial charge in [0, 0.05) is 6.54 Å². The molecule has 0 aliphatic carbocycles. The van der Waals surface area contributed by atoms with E-state index < -0.39 is 5.60 Å². The molecule has 3 aliphatic rings. The molecule has 0 aromatic rings. The summed E-state index contributed by atoms with van der Waals surface area (Å²) in [5, 5.41) is 11.0. The molecule has 4 heteroatoms. The summed E-state index contributed by atoms with van der Waals surface area (Å²) in [5.41, 5.74) is -0.862. The van der Waals surface area contributed by atoms with Crippen LogP contribution in [0.2, 0.25) is 0 Å². The van der Waals surface area contributed by atoms with Crippen LogP contribution >= 0.6 is 0 Å². The molecule has 1 N–H and O–H groups in total. The molecular weight excluding hydrogens is 230 g/mol. The minimum absolute atomic E-state index is 0.212. The van der Waals surface area contributed by atoms with Gasteiger partial charge in [0.15, 0.2) is 0 Å². The van der Waals surface area contributed by atoms with Gasteiger partial charge in [-0.25, -0.2) is 0 Å². The van der Waals surface area contributed by atoms with Gasteiger partial charge >= 0.3 is 5.97 Å². The summed E-state index contributed by atoms with van der Waals surface area (Å²) in [7, 11) is 0. The van der Waals surface area contributed by atoms with Crippen molar-refractivity contribution < 1.29 is 14.6 Å². The minimum atomic E-state index is -0.862. The number of nitrogens with zero attached hydrogens (tertiary/aromatic N) is 1. The molecule has 18 heavy (non-hydrogen) atoms. The Morgan fingerprint density at radius 1 is 1.44 bits per heavy atom. The van der Waals surface area contributed by atoms with Gasteiger partial charge in [0.05, 0.1) is 18.1 Å². The van der Waals surface area contributed by atoms with Gasteiger partial charge < -0.3 is 14.7 Å². The van der Waals surface area contributed by atoms with Crippen LogP contribution in [0.3, 0.4) is 0 Å². The molecule has 104 valence electrons. The molecule has 0 radical (unpaired) electrons. The Labute approximate surface area is 109 Å². The van der Waals surface area contributed by atoms with E-state index in [0.717, 1.165) is 38.8 Å². The fraction of sp³-hybridized carbons (Fsp3) is 0.929. The molecule has 3 fully saturated rings. The van der Waals surface area contributed by atoms with Crippen molar-refractivity contribution in [2.24, 2.45) is 11.8 Å². The van der Waals surface area contributed by atoms with E-state index in [1.54, 1.807) is 0 Å². The molecule has 3 saturated heterocycles. The van der Waals surface area contributed by atoms with Gasteiger partial charge in [-0.1, -0.05) is 13.3 Å². The van der Waals surface area contributed by atoms with Crippen LogP contribution in [0.5, 0.6) is 0 Å². The van der Waals surface area contributed by atoms with Crippen molar-refractivity contribution in [2.45, 2.75) is 45.1 Å². The average Bonchev–Trinajstić information content (AvgIpc) is 2.37. The zero-order chi connectivity index (χ0) is 13.2. The van der Waals surface area contributed by atoms with Crippen molar-refractivity contribution >= 4 is 5.97 Å². The first-order chi connectivity index (χ1) is 8.61. The monoisotopic (exact) mass is 255 g/mol. The molecule has 0 spiro atoms. The number of carbonyl (C=O) groups excluding carboxylic acids is 1. The number of hydrogen-bond acceptors (Lipinski definition) is 4. The highest BCUT2D eigenvalue weighted by atomic mass is 16.5. The fourth-order valence-corrected chi connectivity index (χ4v) is 3.58. The van der Waals surface area contributed by atoms with Gasteiger partial charge in [0.2, 0.25) is 0 Å². The van der Waals surface area contributed by atoms with Crippen LogP contribution in [-0.2, 0) is 9.53 Å². The lowest BCUT2D eigenvalue weighted by molar-refractivity contribution is -0.181. The lowest BCUT2D eigenvalue weighted by Crippen LogP contribution is -2.63. The average molecular weight is 255 g/mol. The van der Waals surface area contributed by atoms with E-state index >= 15 is 0 Å². The second-order valence-corrected chi connectivity index (χ2v) is 5.63. The Bertz CT molecular complexity index is 299. The fourth-order valence-electron chi connectivity index (χ4n) is 3.58. The summed E-state index contributed by atoms with van der Waals surface area (Å²) in [6, 6.07) is 0. The largest absolute Gasteiger partial charge is 0.466 e. The zero-order valence-corrected chi connectivity index (χ0v) is 11.5. The number of rotatable bonds is 5. The quantitative estimate of drug-likeness (QED) is 0.755. The van der Waals surface area contributed by atoms with Crippen molar-refractivity contribution in [1.82, 2.24) is 4.90 Å². The van der Waals surface area contributed by atoms with Gasteiger partial charge in [-0.15, -0.1) is 0 Å². The number of aliphatic hydroxyl groups is 1. The van der Waals surface area contributed by atoms with E-state index in [1.165, 1.54) is 0 Å². The first-order valence-electron chi connectivity index (χ1n) is 7.23. The van der Waals surface area contributed by atoms with E-state index in [9.17, 15) is 9.90 Å². The molecule has 2 unspecified atom stereocenters. The highest BCUT2D eigenvalue weighted by molar-refractivity contribution is 5.74. The van der Waals surface area contributed by atoms with Gasteiger partial charge in [-0.05, 0) is 45.2 Å². The molecule has 0 aromatic carbocycles. The Hall–Kier alpha value is -0.610. The highest BCUT2D eigenvalue weighted by Crippen LogP contribution is 2.42. The molecule has 2 bridgehead atoms. The normalized spacial score (nSPS) is 36.4. The van der Waals surface area contributed by atoms with Crippen LogP contribution in [0.4, 0.5) is 0 Å². The second kappa shape index (κ2) is 5.57. The van der Waals surface area contributed by atoms with Crippen LogP contribution in [0.25, 0.3) is 0 Å². The summed E-state index contributed by atoms with van der Waals surface area (Å²) in [5.74, 6) is -0.297. The SMILES string of the molecule is CCCC(C(=O)OCC)C1(O)CN2CCC1CC2. The number of hydrogen-bond donors (Lipinski definition) is 1. The maximum atomic E-state index is 12.1. The van der Waals surface area contributed by atoms with Gasteiger partial charge in [-0.2, -0.15) is 0 Å². The highest BCUT2D eigenvalue weighted by Gasteiger charge is 2.52. The third-order valence-corrected chi connectivity index (χ3v) is 4.52. The molecule has 0 saturated carbocycles. The van der Waals surface area contributed by atoms with Gasteiger partial charge in [-0.3, -0.25) is 4.79 Å². The van der Waals surface area contributed by atoms with E-state index in [4.69, 9.17) is 4.74 Å². The van der Waals surface area contributed by atoms with Crippen LogP contribution in [-0.4, -0.2) is 47.8 Å². The van der Waals surface area contributed by atoms with Crippen molar-refractivity contribution in [3.63, 3.8) is 0 Å². The van der Waals surface area contributed by atoms with Crippen molar-refractivity contribution in [2.75, 3.05) is 26.2 Å². The molecule has 2 atom stereocenters. The summed E-state index contributed by atoms with van der Waals surface area (Å²) in [4.78, 5) is 14.4. The molecular formula is C14H25NO3. The van der Waals surface area contributed by atoms with Gasteiger partial charge in [0.1, 0.15) is 0 Å². The van der Waals surface area contributed by atoms with Crippen molar-refractivity contribution in [3.8, 4) is 0 Å². The first-order valence-corrected chi connectivity index (χ1v) is 7.23. The Morgan fingerprint density at radius 3 is 2.56 bits per heavy atom. The lowest BCUT2D eigenvalue weighted by Gasteiger charge is -2.52. The lowest BCUT2D eigenvalue weighted by atomic mass is 9.67. The number of esters is 1. The number of piperidine rings is 3. The predicted molar refractivity (Wildman–Crippen MR) is 69.1 cm³/mol. The molecule has 4 nitrogen and oxygen atoms in total. The topological polar surface area (TPSA) is 49.8 Å². The van der Waals surface area contributed by atoms with Crippen LogP contribution < -0.4 is 0 Å². The Balaban J connectivity index is 2.15. The standard InChI is InChI=1S/C14H25NO3/c1-3-5-12(13(16)18-4-2)14(17)10-15-8-6-11(14)7-9-15/h11-12,17H,3-10H2,1-2H3. The Kier molecular flexibility index (Phi) is 4.28. The second-order valence-electron chi connectivity index (χ2n) is 5.63. The molecule has 3 heterocycles. The summed E-state index contributed by atoms with van der Waals surface area (Å²) in [6.45, 7) is 7.03. The summed E-state index contributed by atoms with van der Waals surface area (Å²) >= 11 is 0. The summed E-state index contributed by atoms with van der Waals surface area (Å²) in [6.07, 6.45) is 3.64. The van der Waals surface area contributed by atoms with Gasteiger partial charge in [0.25, 0.3) is 0 Å². The predicted octanol–water partition coefficient (Wildman–Crippen LogP) is 1.42. The third kappa shape index (κ3) is 2.41. The molecule has 3 aliphatic heterocycles. The molecule has 0 amide bonds. The molecule has 0 aromatic heterocycles. The zero-order valence-electron chi connectivity index (χ0n) is 11.5. The molecule has 3 rings (SSSR count). The maximum Gasteiger partial charge on any atom is 0.311 e. The number of ether oxygens (including phenoxy) is 1. The number of fused-ring (bicyclic) bond motifs is 3. The third-order valence-electron chi connectivity index (χ3n) is 4.52. The number of carbonyl (C=O) groups is 1. The van der Waals surface area contributed by atoms with E-state index in [-0.39, 0.29) is 17.8 Å². The smallest absolute Gasteiger partial charge is 0.311 e. The first kappa shape index (κ1) is 13.8.